The molecule has 0 aliphatic rings. The van der Waals surface area contributed by atoms with Crippen molar-refractivity contribution in [3.63, 3.8) is 0 Å². The highest BCUT2D eigenvalue weighted by Gasteiger charge is 2.11. The molecule has 0 saturated heterocycles. The molecule has 1 heterocycles. The number of benzene rings is 1. The number of oxazole rings is 1. The van der Waals surface area contributed by atoms with Crippen molar-refractivity contribution < 1.29 is 14.0 Å². The molecule has 0 radical (unpaired) electrons. The highest BCUT2D eigenvalue weighted by atomic mass is 16.4. The lowest BCUT2D eigenvalue weighted by Crippen LogP contribution is -2.36. The lowest BCUT2D eigenvalue weighted by atomic mass is 10.3. The summed E-state index contributed by atoms with van der Waals surface area (Å²) in [5, 5.41) is 2.52. The first-order chi connectivity index (χ1) is 9.99. The Bertz CT molecular complexity index is 714. The predicted octanol–water partition coefficient (Wildman–Crippen LogP) is 0.189. The van der Waals surface area contributed by atoms with Crippen LogP contribution in [-0.4, -0.2) is 41.9 Å². The van der Waals surface area contributed by atoms with E-state index in [0.29, 0.717) is 11.1 Å². The number of nitrogens with one attached hydrogen (secondary N) is 1. The number of aryl methyl sites for hydroxylation is 1. The molecule has 0 aliphatic carbocycles. The van der Waals surface area contributed by atoms with E-state index in [9.17, 15) is 14.4 Å². The average molecular weight is 291 g/mol. The SMILES string of the molecule is CN(C)C(=O)CNC(=O)CCn1c(=O)oc2ccccc21. The molecule has 0 atom stereocenters. The number of carbonyl (C=O) groups is 2. The van der Waals surface area contributed by atoms with Crippen LogP contribution in [-0.2, 0) is 16.1 Å². The van der Waals surface area contributed by atoms with E-state index in [4.69, 9.17) is 4.42 Å². The van der Waals surface area contributed by atoms with Crippen molar-refractivity contribution in [2.75, 3.05) is 20.6 Å². The van der Waals surface area contributed by atoms with Crippen molar-refractivity contribution >= 4 is 22.9 Å². The summed E-state index contributed by atoms with van der Waals surface area (Å²) in [5.74, 6) is -0.968. The Labute approximate surface area is 121 Å². The second kappa shape index (κ2) is 6.25. The van der Waals surface area contributed by atoms with Gasteiger partial charge in [0.2, 0.25) is 11.8 Å². The van der Waals surface area contributed by atoms with Crippen molar-refractivity contribution in [3.8, 4) is 0 Å². The molecule has 0 bridgehead atoms. The first kappa shape index (κ1) is 14.8. The van der Waals surface area contributed by atoms with Crippen LogP contribution in [0.3, 0.4) is 0 Å². The first-order valence-electron chi connectivity index (χ1n) is 6.54. The first-order valence-corrected chi connectivity index (χ1v) is 6.54. The molecule has 7 heteroatoms. The number of hydrogen-bond acceptors (Lipinski definition) is 4. The number of hydrogen-bond donors (Lipinski definition) is 1. The van der Waals surface area contributed by atoms with E-state index in [2.05, 4.69) is 5.32 Å². The molecule has 1 aromatic carbocycles. The minimum absolute atomic E-state index is 0.0487. The minimum Gasteiger partial charge on any atom is -0.408 e. The van der Waals surface area contributed by atoms with Gasteiger partial charge in [-0.25, -0.2) is 4.79 Å². The van der Waals surface area contributed by atoms with Gasteiger partial charge in [-0.3, -0.25) is 14.2 Å². The van der Waals surface area contributed by atoms with Crippen LogP contribution >= 0.6 is 0 Å². The number of fused-ring (bicyclic) bond motifs is 1. The molecule has 2 aromatic rings. The zero-order valence-electron chi connectivity index (χ0n) is 12.0. The standard InChI is InChI=1S/C14H17N3O4/c1-16(2)13(19)9-15-12(18)7-8-17-10-5-3-4-6-11(10)21-14(17)20/h3-6H,7-9H2,1-2H3,(H,15,18). The average Bonchev–Trinajstić information content (AvgIpc) is 2.77. The van der Waals surface area contributed by atoms with Crippen molar-refractivity contribution in [3.05, 3.63) is 34.8 Å². The summed E-state index contributed by atoms with van der Waals surface area (Å²) in [4.78, 5) is 36.1. The molecule has 1 N–H and O–H groups in total. The summed E-state index contributed by atoms with van der Waals surface area (Å²) < 4.78 is 6.48. The summed E-state index contributed by atoms with van der Waals surface area (Å²) in [5.41, 5.74) is 1.14. The van der Waals surface area contributed by atoms with Gasteiger partial charge in [-0.05, 0) is 12.1 Å². The Morgan fingerprint density at radius 3 is 2.71 bits per heavy atom. The maximum Gasteiger partial charge on any atom is 0.419 e. The molecule has 21 heavy (non-hydrogen) atoms. The van der Waals surface area contributed by atoms with E-state index < -0.39 is 5.76 Å². The van der Waals surface area contributed by atoms with E-state index in [-0.39, 0.29) is 31.3 Å². The van der Waals surface area contributed by atoms with E-state index in [1.807, 2.05) is 0 Å². The molecule has 0 aliphatic heterocycles. The van der Waals surface area contributed by atoms with Crippen molar-refractivity contribution in [2.45, 2.75) is 13.0 Å². The Morgan fingerprint density at radius 2 is 2.00 bits per heavy atom. The molecule has 0 fully saturated rings. The summed E-state index contributed by atoms with van der Waals surface area (Å²) in [6.07, 6.45) is 0.101. The third kappa shape index (κ3) is 3.50. The topological polar surface area (TPSA) is 84.5 Å². The second-order valence-electron chi connectivity index (χ2n) is 4.80. The second-order valence-corrected chi connectivity index (χ2v) is 4.80. The molecular formula is C14H17N3O4. The Kier molecular flexibility index (Phi) is 4.42. The molecule has 2 amide bonds. The molecule has 2 rings (SSSR count). The highest BCUT2D eigenvalue weighted by molar-refractivity contribution is 5.84. The Morgan fingerprint density at radius 1 is 1.29 bits per heavy atom. The summed E-state index contributed by atoms with van der Waals surface area (Å²) in [6, 6.07) is 7.02. The molecule has 112 valence electrons. The van der Waals surface area contributed by atoms with Gasteiger partial charge in [-0.2, -0.15) is 0 Å². The van der Waals surface area contributed by atoms with Crippen LogP contribution in [0.4, 0.5) is 0 Å². The molecule has 1 aromatic heterocycles. The fraction of sp³-hybridized carbons (Fsp3) is 0.357. The van der Waals surface area contributed by atoms with Gasteiger partial charge in [0.25, 0.3) is 0 Å². The number of para-hydroxylation sites is 2. The zero-order chi connectivity index (χ0) is 15.4. The van der Waals surface area contributed by atoms with E-state index >= 15 is 0 Å². The van der Waals surface area contributed by atoms with E-state index in [1.54, 1.807) is 38.4 Å². The zero-order valence-corrected chi connectivity index (χ0v) is 12.0. The van der Waals surface area contributed by atoms with Crippen LogP contribution in [0.1, 0.15) is 6.42 Å². The number of rotatable bonds is 5. The van der Waals surface area contributed by atoms with Crippen molar-refractivity contribution in [1.82, 2.24) is 14.8 Å². The van der Waals surface area contributed by atoms with Crippen LogP contribution in [0.2, 0.25) is 0 Å². The number of amides is 2. The molecule has 0 unspecified atom stereocenters. The van der Waals surface area contributed by atoms with Gasteiger partial charge >= 0.3 is 5.76 Å². The third-order valence-corrected chi connectivity index (χ3v) is 3.07. The summed E-state index contributed by atoms with van der Waals surface area (Å²) in [6.45, 7) is 0.157. The lowest BCUT2D eigenvalue weighted by molar-refractivity contribution is -0.130. The van der Waals surface area contributed by atoms with Crippen LogP contribution in [0.5, 0.6) is 0 Å². The van der Waals surface area contributed by atoms with Crippen LogP contribution in [0.15, 0.2) is 33.5 Å². The molecule has 0 spiro atoms. The van der Waals surface area contributed by atoms with Crippen LogP contribution in [0, 0.1) is 0 Å². The van der Waals surface area contributed by atoms with Gasteiger partial charge in [0.1, 0.15) is 0 Å². The minimum atomic E-state index is -0.492. The smallest absolute Gasteiger partial charge is 0.408 e. The monoisotopic (exact) mass is 291 g/mol. The van der Waals surface area contributed by atoms with Gasteiger partial charge in [-0.1, -0.05) is 12.1 Å². The number of likely N-dealkylation sites (N-methyl/N-ethyl adjacent to an activating group) is 1. The van der Waals surface area contributed by atoms with Gasteiger partial charge in [-0.15, -0.1) is 0 Å². The van der Waals surface area contributed by atoms with Gasteiger partial charge < -0.3 is 14.6 Å². The largest absolute Gasteiger partial charge is 0.419 e. The van der Waals surface area contributed by atoms with Crippen molar-refractivity contribution in [2.24, 2.45) is 0 Å². The molecular weight excluding hydrogens is 274 g/mol. The van der Waals surface area contributed by atoms with Crippen LogP contribution < -0.4 is 11.1 Å². The van der Waals surface area contributed by atoms with Gasteiger partial charge in [0.15, 0.2) is 5.58 Å². The molecule has 0 saturated carbocycles. The summed E-state index contributed by atoms with van der Waals surface area (Å²) in [7, 11) is 3.23. The van der Waals surface area contributed by atoms with E-state index in [0.717, 1.165) is 0 Å². The van der Waals surface area contributed by atoms with Crippen LogP contribution in [0.25, 0.3) is 11.1 Å². The third-order valence-electron chi connectivity index (χ3n) is 3.07. The highest BCUT2D eigenvalue weighted by Crippen LogP contribution is 2.11. The number of carbonyl (C=O) groups excluding carboxylic acids is 2. The fourth-order valence-electron chi connectivity index (χ4n) is 1.86. The maximum absolute atomic E-state index is 11.7. The quantitative estimate of drug-likeness (QED) is 0.852. The molecule has 7 nitrogen and oxygen atoms in total. The van der Waals surface area contributed by atoms with Gasteiger partial charge in [0.05, 0.1) is 12.1 Å². The van der Waals surface area contributed by atoms with E-state index in [1.165, 1.54) is 9.47 Å². The Hall–Kier alpha value is -2.57. The number of aromatic nitrogens is 1. The maximum atomic E-state index is 11.7. The Balaban J connectivity index is 1.96. The fourth-order valence-corrected chi connectivity index (χ4v) is 1.86. The van der Waals surface area contributed by atoms with Gasteiger partial charge in [0, 0.05) is 27.1 Å². The normalized spacial score (nSPS) is 10.6. The summed E-state index contributed by atoms with van der Waals surface area (Å²) >= 11 is 0. The lowest BCUT2D eigenvalue weighted by Gasteiger charge is -2.10. The van der Waals surface area contributed by atoms with Crippen molar-refractivity contribution in [1.29, 1.82) is 0 Å². The number of nitrogens with zero attached hydrogens (tertiary/aromatic N) is 2. The predicted molar refractivity (Wildman–Crippen MR) is 76.8 cm³/mol.